The zero-order chi connectivity index (χ0) is 10.6. The molecular formula is C11H14O3. The fourth-order valence-electron chi connectivity index (χ4n) is 1.17. The van der Waals surface area contributed by atoms with Gasteiger partial charge in [-0.2, -0.15) is 0 Å². The largest absolute Gasteiger partial charge is 0.423 e. The Balaban J connectivity index is 2.72. The van der Waals surface area contributed by atoms with E-state index >= 15 is 0 Å². The number of hydrogen-bond acceptors (Lipinski definition) is 3. The molecule has 3 nitrogen and oxygen atoms in total. The van der Waals surface area contributed by atoms with E-state index in [0.29, 0.717) is 17.8 Å². The van der Waals surface area contributed by atoms with Gasteiger partial charge in [-0.1, -0.05) is 12.2 Å². The van der Waals surface area contributed by atoms with Gasteiger partial charge in [-0.15, -0.1) is 0 Å². The third kappa shape index (κ3) is 2.85. The van der Waals surface area contributed by atoms with E-state index in [1.807, 2.05) is 13.0 Å². The van der Waals surface area contributed by atoms with Crippen molar-refractivity contribution in [2.75, 3.05) is 0 Å². The standard InChI is InChI=1S/C11H14O3/c1-3-4-5-10-7-9(6-8(2)12)11(13)14-10/h3-5,7-8,12H,6H2,1-2H3. The summed E-state index contributed by atoms with van der Waals surface area (Å²) in [6.07, 6.45) is 6.84. The first kappa shape index (κ1) is 10.7. The summed E-state index contributed by atoms with van der Waals surface area (Å²) in [7, 11) is 0. The first-order valence-electron chi connectivity index (χ1n) is 4.57. The van der Waals surface area contributed by atoms with Gasteiger partial charge in [0.2, 0.25) is 0 Å². The SMILES string of the molecule is CC=CC=C1C=C(CC(C)O)C(=O)O1. The smallest absolute Gasteiger partial charge is 0.339 e. The highest BCUT2D eigenvalue weighted by Gasteiger charge is 2.21. The summed E-state index contributed by atoms with van der Waals surface area (Å²) in [5.74, 6) is 0.172. The third-order valence-electron chi connectivity index (χ3n) is 1.76. The lowest BCUT2D eigenvalue weighted by Crippen LogP contribution is -2.06. The number of carbonyl (C=O) groups is 1. The van der Waals surface area contributed by atoms with Crippen LogP contribution >= 0.6 is 0 Å². The van der Waals surface area contributed by atoms with Crippen molar-refractivity contribution in [1.29, 1.82) is 0 Å². The summed E-state index contributed by atoms with van der Waals surface area (Å²) in [4.78, 5) is 11.2. The Morgan fingerprint density at radius 3 is 2.93 bits per heavy atom. The van der Waals surface area contributed by atoms with Crippen molar-refractivity contribution in [2.24, 2.45) is 0 Å². The van der Waals surface area contributed by atoms with Crippen LogP contribution in [-0.2, 0) is 9.53 Å². The Hall–Kier alpha value is -1.35. The Bertz CT molecular complexity index is 308. The van der Waals surface area contributed by atoms with Gasteiger partial charge >= 0.3 is 5.97 Å². The normalized spacial score (nSPS) is 21.5. The molecule has 1 unspecified atom stereocenters. The molecule has 0 amide bonds. The molecule has 1 aliphatic heterocycles. The summed E-state index contributed by atoms with van der Waals surface area (Å²) in [6, 6.07) is 0. The van der Waals surface area contributed by atoms with E-state index in [-0.39, 0.29) is 5.97 Å². The van der Waals surface area contributed by atoms with E-state index in [0.717, 1.165) is 0 Å². The molecule has 0 aromatic heterocycles. The lowest BCUT2D eigenvalue weighted by atomic mass is 10.1. The van der Waals surface area contributed by atoms with Gasteiger partial charge in [0.15, 0.2) is 0 Å². The molecule has 1 atom stereocenters. The monoisotopic (exact) mass is 194 g/mol. The number of rotatable bonds is 3. The van der Waals surface area contributed by atoms with Crippen LogP contribution in [0, 0.1) is 0 Å². The van der Waals surface area contributed by atoms with Crippen LogP contribution in [0.5, 0.6) is 0 Å². The molecule has 3 heteroatoms. The van der Waals surface area contributed by atoms with E-state index < -0.39 is 6.10 Å². The number of esters is 1. The average molecular weight is 194 g/mol. The molecule has 1 heterocycles. The van der Waals surface area contributed by atoms with Crippen molar-refractivity contribution >= 4 is 5.97 Å². The highest BCUT2D eigenvalue weighted by Crippen LogP contribution is 2.20. The average Bonchev–Trinajstić information content (AvgIpc) is 2.43. The molecule has 14 heavy (non-hydrogen) atoms. The number of allylic oxidation sites excluding steroid dienone is 4. The number of hydrogen-bond donors (Lipinski definition) is 1. The lowest BCUT2D eigenvalue weighted by molar-refractivity contribution is -0.133. The topological polar surface area (TPSA) is 46.5 Å². The van der Waals surface area contributed by atoms with Crippen molar-refractivity contribution in [3.8, 4) is 0 Å². The molecule has 1 rings (SSSR count). The van der Waals surface area contributed by atoms with Crippen LogP contribution in [0.4, 0.5) is 0 Å². The molecule has 1 aliphatic rings. The molecule has 0 aromatic carbocycles. The van der Waals surface area contributed by atoms with Crippen LogP contribution in [-0.4, -0.2) is 17.2 Å². The predicted molar refractivity (Wildman–Crippen MR) is 53.4 cm³/mol. The van der Waals surface area contributed by atoms with Crippen LogP contribution in [0.2, 0.25) is 0 Å². The molecule has 1 N–H and O–H groups in total. The van der Waals surface area contributed by atoms with E-state index in [1.54, 1.807) is 25.2 Å². The van der Waals surface area contributed by atoms with E-state index in [4.69, 9.17) is 9.84 Å². The van der Waals surface area contributed by atoms with Gasteiger partial charge in [-0.3, -0.25) is 0 Å². The summed E-state index contributed by atoms with van der Waals surface area (Å²) in [5.41, 5.74) is 0.524. The summed E-state index contributed by atoms with van der Waals surface area (Å²) < 4.78 is 4.94. The fraction of sp³-hybridized carbons (Fsp3) is 0.364. The quantitative estimate of drug-likeness (QED) is 0.695. The third-order valence-corrected chi connectivity index (χ3v) is 1.76. The van der Waals surface area contributed by atoms with E-state index in [9.17, 15) is 4.79 Å². The molecule has 0 fully saturated rings. The zero-order valence-corrected chi connectivity index (χ0v) is 8.36. The van der Waals surface area contributed by atoms with Crippen molar-refractivity contribution in [1.82, 2.24) is 0 Å². The van der Waals surface area contributed by atoms with Crippen molar-refractivity contribution in [3.05, 3.63) is 35.6 Å². The first-order chi connectivity index (χ1) is 6.63. The van der Waals surface area contributed by atoms with Crippen LogP contribution < -0.4 is 0 Å². The Morgan fingerprint density at radius 2 is 2.36 bits per heavy atom. The highest BCUT2D eigenvalue weighted by molar-refractivity contribution is 5.92. The van der Waals surface area contributed by atoms with Crippen LogP contribution in [0.3, 0.4) is 0 Å². The minimum Gasteiger partial charge on any atom is -0.423 e. The molecule has 0 saturated heterocycles. The second-order valence-corrected chi connectivity index (χ2v) is 3.21. The van der Waals surface area contributed by atoms with Crippen LogP contribution in [0.15, 0.2) is 35.6 Å². The van der Waals surface area contributed by atoms with Crippen molar-refractivity contribution in [3.63, 3.8) is 0 Å². The highest BCUT2D eigenvalue weighted by atomic mass is 16.5. The minimum atomic E-state index is -0.519. The van der Waals surface area contributed by atoms with Crippen molar-refractivity contribution < 1.29 is 14.6 Å². The predicted octanol–water partition coefficient (Wildman–Crippen LogP) is 1.70. The van der Waals surface area contributed by atoms with Gasteiger partial charge in [0.25, 0.3) is 0 Å². The number of aliphatic hydroxyl groups is 1. The second kappa shape index (κ2) is 4.77. The Morgan fingerprint density at radius 1 is 1.64 bits per heavy atom. The zero-order valence-electron chi connectivity index (χ0n) is 8.36. The van der Waals surface area contributed by atoms with Gasteiger partial charge in [0.1, 0.15) is 5.76 Å². The number of aliphatic hydroxyl groups excluding tert-OH is 1. The van der Waals surface area contributed by atoms with Gasteiger partial charge in [0.05, 0.1) is 6.10 Å². The van der Waals surface area contributed by atoms with Gasteiger partial charge in [-0.05, 0) is 26.0 Å². The first-order valence-corrected chi connectivity index (χ1v) is 4.57. The Labute approximate surface area is 83.4 Å². The molecule has 0 saturated carbocycles. The second-order valence-electron chi connectivity index (χ2n) is 3.21. The molecule has 0 aliphatic carbocycles. The van der Waals surface area contributed by atoms with E-state index in [1.165, 1.54) is 0 Å². The van der Waals surface area contributed by atoms with Gasteiger partial charge in [0, 0.05) is 12.0 Å². The maximum Gasteiger partial charge on any atom is 0.339 e. The number of cyclic esters (lactones) is 1. The molecule has 0 spiro atoms. The maximum absolute atomic E-state index is 11.2. The van der Waals surface area contributed by atoms with Crippen molar-refractivity contribution in [2.45, 2.75) is 26.4 Å². The minimum absolute atomic E-state index is 0.339. The number of carbonyl (C=O) groups excluding carboxylic acids is 1. The Kier molecular flexibility index (Phi) is 3.65. The molecule has 0 radical (unpaired) electrons. The van der Waals surface area contributed by atoms with Gasteiger partial charge in [-0.25, -0.2) is 4.79 Å². The summed E-state index contributed by atoms with van der Waals surface area (Å²) in [5, 5.41) is 9.11. The van der Waals surface area contributed by atoms with E-state index in [2.05, 4.69) is 0 Å². The molecule has 0 aromatic rings. The molecule has 76 valence electrons. The lowest BCUT2D eigenvalue weighted by Gasteiger charge is -2.00. The molecular weight excluding hydrogens is 180 g/mol. The summed E-state index contributed by atoms with van der Waals surface area (Å²) >= 11 is 0. The molecule has 0 bridgehead atoms. The summed E-state index contributed by atoms with van der Waals surface area (Å²) in [6.45, 7) is 3.52. The maximum atomic E-state index is 11.2. The van der Waals surface area contributed by atoms with Gasteiger partial charge < -0.3 is 9.84 Å². The number of ether oxygens (including phenoxy) is 1. The fourth-order valence-corrected chi connectivity index (χ4v) is 1.17. The van der Waals surface area contributed by atoms with Crippen LogP contribution in [0.1, 0.15) is 20.3 Å². The van der Waals surface area contributed by atoms with Crippen LogP contribution in [0.25, 0.3) is 0 Å².